The fraction of sp³-hybridized carbons (Fsp3) is 0.111. The van der Waals surface area contributed by atoms with Gasteiger partial charge in [0.25, 0.3) is 0 Å². The van der Waals surface area contributed by atoms with Crippen molar-refractivity contribution in [3.8, 4) is 10.6 Å². The van der Waals surface area contributed by atoms with Crippen LogP contribution in [0.4, 0.5) is 10.2 Å². The smallest absolute Gasteiger partial charge is 0.151 e. The van der Waals surface area contributed by atoms with Crippen LogP contribution in [0.2, 0.25) is 0 Å². The van der Waals surface area contributed by atoms with Crippen LogP contribution in [0.5, 0.6) is 0 Å². The van der Waals surface area contributed by atoms with E-state index in [0.717, 1.165) is 4.88 Å². The Kier molecular flexibility index (Phi) is 2.17. The van der Waals surface area contributed by atoms with Crippen molar-refractivity contribution >= 4 is 17.2 Å². The first-order chi connectivity index (χ1) is 6.68. The van der Waals surface area contributed by atoms with Crippen LogP contribution in [0.15, 0.2) is 18.5 Å². The van der Waals surface area contributed by atoms with Crippen LogP contribution < -0.4 is 5.73 Å². The van der Waals surface area contributed by atoms with Gasteiger partial charge in [0, 0.05) is 16.6 Å². The molecule has 2 rings (SSSR count). The Bertz CT molecular complexity index is 447. The average Bonchev–Trinajstić information content (AvgIpc) is 2.48. The molecule has 2 aromatic heterocycles. The summed E-state index contributed by atoms with van der Waals surface area (Å²) in [6, 6.07) is 1.59. The van der Waals surface area contributed by atoms with Gasteiger partial charge in [-0.3, -0.25) is 4.98 Å². The molecule has 0 aromatic carbocycles. The second kappa shape index (κ2) is 3.34. The summed E-state index contributed by atoms with van der Waals surface area (Å²) in [7, 11) is 0. The third kappa shape index (κ3) is 1.46. The molecule has 0 atom stereocenters. The number of hydrogen-bond acceptors (Lipinski definition) is 4. The van der Waals surface area contributed by atoms with E-state index in [4.69, 9.17) is 5.73 Å². The minimum Gasteiger partial charge on any atom is -0.383 e. The zero-order valence-electron chi connectivity index (χ0n) is 7.49. The van der Waals surface area contributed by atoms with E-state index in [0.29, 0.717) is 16.4 Å². The van der Waals surface area contributed by atoms with Gasteiger partial charge in [-0.15, -0.1) is 11.3 Å². The van der Waals surface area contributed by atoms with Crippen LogP contribution in [-0.2, 0) is 0 Å². The molecule has 0 saturated carbocycles. The molecular formula is C9H8FN3S. The summed E-state index contributed by atoms with van der Waals surface area (Å²) in [5, 5.41) is 0.597. The van der Waals surface area contributed by atoms with Crippen LogP contribution in [0.25, 0.3) is 10.6 Å². The lowest BCUT2D eigenvalue weighted by molar-refractivity contribution is 0.625. The number of nitrogens with zero attached hydrogens (tertiary/aromatic N) is 2. The molecule has 14 heavy (non-hydrogen) atoms. The number of rotatable bonds is 1. The van der Waals surface area contributed by atoms with Crippen molar-refractivity contribution < 1.29 is 4.39 Å². The zero-order chi connectivity index (χ0) is 10.1. The maximum Gasteiger partial charge on any atom is 0.151 e. The second-order valence-corrected chi connectivity index (χ2v) is 4.02. The topological polar surface area (TPSA) is 51.8 Å². The second-order valence-electron chi connectivity index (χ2n) is 2.82. The summed E-state index contributed by atoms with van der Waals surface area (Å²) in [5.74, 6) is 0.0856. The molecule has 0 aliphatic heterocycles. The standard InChI is InChI=1S/C9H8FN3S/c1-5-8(11)13-9(14-5)6-2-3-12-4-7(6)10/h2-4H,11H2,1H3. The Hall–Kier alpha value is -1.49. The van der Waals surface area contributed by atoms with Crippen molar-refractivity contribution in [2.45, 2.75) is 6.92 Å². The largest absolute Gasteiger partial charge is 0.383 e. The number of anilines is 1. The van der Waals surface area contributed by atoms with Gasteiger partial charge in [-0.25, -0.2) is 9.37 Å². The Balaban J connectivity index is 2.55. The molecule has 5 heteroatoms. The van der Waals surface area contributed by atoms with Gasteiger partial charge in [-0.2, -0.15) is 0 Å². The number of thiazole rings is 1. The van der Waals surface area contributed by atoms with Crippen molar-refractivity contribution in [1.29, 1.82) is 0 Å². The molecule has 0 aliphatic carbocycles. The fourth-order valence-electron chi connectivity index (χ4n) is 1.07. The minimum atomic E-state index is -0.374. The number of aromatic nitrogens is 2. The highest BCUT2D eigenvalue weighted by molar-refractivity contribution is 7.15. The molecule has 0 bridgehead atoms. The van der Waals surface area contributed by atoms with E-state index in [9.17, 15) is 4.39 Å². The first-order valence-corrected chi connectivity index (χ1v) is 4.83. The van der Waals surface area contributed by atoms with Crippen LogP contribution >= 0.6 is 11.3 Å². The predicted molar refractivity (Wildman–Crippen MR) is 54.5 cm³/mol. The molecule has 0 saturated heterocycles. The summed E-state index contributed by atoms with van der Waals surface area (Å²) in [4.78, 5) is 8.64. The molecule has 2 heterocycles. The van der Waals surface area contributed by atoms with E-state index in [1.54, 1.807) is 6.07 Å². The van der Waals surface area contributed by atoms with Crippen molar-refractivity contribution in [1.82, 2.24) is 9.97 Å². The monoisotopic (exact) mass is 209 g/mol. The van der Waals surface area contributed by atoms with Gasteiger partial charge in [-0.05, 0) is 13.0 Å². The molecular weight excluding hydrogens is 201 g/mol. The minimum absolute atomic E-state index is 0.374. The molecule has 0 spiro atoms. The van der Waals surface area contributed by atoms with Gasteiger partial charge in [-0.1, -0.05) is 0 Å². The van der Waals surface area contributed by atoms with Crippen LogP contribution in [0.1, 0.15) is 4.88 Å². The summed E-state index contributed by atoms with van der Waals surface area (Å²) >= 11 is 1.38. The van der Waals surface area contributed by atoms with Crippen LogP contribution in [0.3, 0.4) is 0 Å². The van der Waals surface area contributed by atoms with E-state index >= 15 is 0 Å². The fourth-order valence-corrected chi connectivity index (χ4v) is 1.93. The number of halogens is 1. The molecule has 0 fully saturated rings. The molecule has 2 N–H and O–H groups in total. The highest BCUT2D eigenvalue weighted by atomic mass is 32.1. The number of hydrogen-bond donors (Lipinski definition) is 1. The Labute approximate surface area is 84.4 Å². The van der Waals surface area contributed by atoms with Crippen LogP contribution in [0, 0.1) is 12.7 Å². The van der Waals surface area contributed by atoms with Gasteiger partial charge in [0.1, 0.15) is 10.8 Å². The lowest BCUT2D eigenvalue weighted by Gasteiger charge is -1.95. The van der Waals surface area contributed by atoms with Gasteiger partial charge in [0.05, 0.1) is 6.20 Å². The quantitative estimate of drug-likeness (QED) is 0.783. The van der Waals surface area contributed by atoms with E-state index in [2.05, 4.69) is 9.97 Å². The maximum atomic E-state index is 13.3. The normalized spacial score (nSPS) is 10.4. The summed E-state index contributed by atoms with van der Waals surface area (Å²) in [5.41, 5.74) is 6.04. The van der Waals surface area contributed by atoms with Gasteiger partial charge in [0.15, 0.2) is 5.82 Å². The van der Waals surface area contributed by atoms with Crippen molar-refractivity contribution in [3.05, 3.63) is 29.2 Å². The first-order valence-electron chi connectivity index (χ1n) is 4.01. The number of nitrogens with two attached hydrogens (primary N) is 1. The van der Waals surface area contributed by atoms with E-state index < -0.39 is 0 Å². The zero-order valence-corrected chi connectivity index (χ0v) is 8.31. The summed E-state index contributed by atoms with van der Waals surface area (Å²) < 4.78 is 13.3. The molecule has 2 aromatic rings. The predicted octanol–water partition coefficient (Wildman–Crippen LogP) is 2.23. The molecule has 72 valence electrons. The van der Waals surface area contributed by atoms with Gasteiger partial charge in [0.2, 0.25) is 0 Å². The highest BCUT2D eigenvalue weighted by Gasteiger charge is 2.10. The molecule has 0 amide bonds. The molecule has 0 aliphatic rings. The van der Waals surface area contributed by atoms with Crippen molar-refractivity contribution in [2.24, 2.45) is 0 Å². The SMILES string of the molecule is Cc1sc(-c2ccncc2F)nc1N. The third-order valence-electron chi connectivity index (χ3n) is 1.84. The van der Waals surface area contributed by atoms with Crippen molar-refractivity contribution in [2.75, 3.05) is 5.73 Å². The number of pyridine rings is 1. The lowest BCUT2D eigenvalue weighted by atomic mass is 10.3. The first kappa shape index (κ1) is 9.08. The Morgan fingerprint density at radius 2 is 2.29 bits per heavy atom. The molecule has 0 radical (unpaired) electrons. The maximum absolute atomic E-state index is 13.3. The van der Waals surface area contributed by atoms with E-state index in [1.807, 2.05) is 6.92 Å². The average molecular weight is 209 g/mol. The van der Waals surface area contributed by atoms with E-state index in [-0.39, 0.29) is 5.82 Å². The third-order valence-corrected chi connectivity index (χ3v) is 2.86. The summed E-state index contributed by atoms with van der Waals surface area (Å²) in [6.45, 7) is 1.86. The lowest BCUT2D eigenvalue weighted by Crippen LogP contribution is -1.88. The molecule has 0 unspecified atom stereocenters. The number of nitrogen functional groups attached to an aromatic ring is 1. The Morgan fingerprint density at radius 3 is 2.86 bits per heavy atom. The van der Waals surface area contributed by atoms with Crippen LogP contribution in [-0.4, -0.2) is 9.97 Å². The van der Waals surface area contributed by atoms with Gasteiger partial charge >= 0.3 is 0 Å². The van der Waals surface area contributed by atoms with E-state index in [1.165, 1.54) is 23.7 Å². The Morgan fingerprint density at radius 1 is 1.50 bits per heavy atom. The number of aryl methyl sites for hydroxylation is 1. The molecule has 3 nitrogen and oxygen atoms in total. The van der Waals surface area contributed by atoms with Crippen molar-refractivity contribution in [3.63, 3.8) is 0 Å². The highest BCUT2D eigenvalue weighted by Crippen LogP contribution is 2.29. The van der Waals surface area contributed by atoms with Gasteiger partial charge < -0.3 is 5.73 Å². The summed E-state index contributed by atoms with van der Waals surface area (Å²) in [6.07, 6.45) is 2.70.